The molecule has 0 amide bonds. The van der Waals surface area contributed by atoms with E-state index in [-0.39, 0.29) is 18.1 Å². The van der Waals surface area contributed by atoms with Gasteiger partial charge in [0.2, 0.25) is 10.0 Å². The topological polar surface area (TPSA) is 153 Å². The third-order valence-electron chi connectivity index (χ3n) is 6.07. The number of aliphatic hydroxyl groups excluding tert-OH is 2. The molecule has 0 saturated heterocycles. The van der Waals surface area contributed by atoms with Gasteiger partial charge in [-0.1, -0.05) is 37.1 Å². The van der Waals surface area contributed by atoms with Crippen molar-refractivity contribution in [2.45, 2.75) is 62.8 Å². The number of primary sulfonamides is 1. The van der Waals surface area contributed by atoms with Crippen LogP contribution in [-0.4, -0.2) is 59.2 Å². The average molecular weight is 518 g/mol. The number of aryl methyl sites for hydroxylation is 2. The minimum absolute atomic E-state index is 0.0527. The second kappa shape index (κ2) is 13.4. The molecule has 0 radical (unpaired) electrons. The fraction of sp³-hybridized carbons (Fsp3) is 0.480. The number of aromatic nitrogens is 4. The Morgan fingerprint density at radius 3 is 2.08 bits per heavy atom. The number of hydrogen-bond acceptors (Lipinski definition) is 8. The van der Waals surface area contributed by atoms with Gasteiger partial charge in [-0.3, -0.25) is 0 Å². The number of benzene rings is 2. The molecule has 196 valence electrons. The second-order valence-corrected chi connectivity index (χ2v) is 10.2. The van der Waals surface area contributed by atoms with Gasteiger partial charge in [-0.05, 0) is 77.8 Å². The van der Waals surface area contributed by atoms with E-state index in [1.807, 2.05) is 36.4 Å². The van der Waals surface area contributed by atoms with Gasteiger partial charge >= 0.3 is 0 Å². The Hall–Kier alpha value is -2.86. The van der Waals surface area contributed by atoms with Crippen molar-refractivity contribution in [3.63, 3.8) is 0 Å². The Morgan fingerprint density at radius 1 is 0.889 bits per heavy atom. The molecule has 1 aromatic heterocycles. The first-order valence-electron chi connectivity index (χ1n) is 12.2. The molecule has 0 aliphatic rings. The maximum Gasteiger partial charge on any atom is 0.239 e. The Bertz CT molecular complexity index is 1210. The summed E-state index contributed by atoms with van der Waals surface area (Å²) in [5, 5.41) is 36.2. The van der Waals surface area contributed by atoms with Gasteiger partial charge in [0.1, 0.15) is 5.75 Å². The summed E-state index contributed by atoms with van der Waals surface area (Å²) in [6, 6.07) is 11.2. The van der Waals surface area contributed by atoms with Gasteiger partial charge in [-0.15, -0.1) is 5.10 Å². The number of tetrazole rings is 1. The predicted molar refractivity (Wildman–Crippen MR) is 136 cm³/mol. The molecule has 0 fully saturated rings. The van der Waals surface area contributed by atoms with Crippen molar-refractivity contribution in [2.24, 2.45) is 5.14 Å². The number of methoxy groups -OCH3 is 1. The molecule has 1 heterocycles. The quantitative estimate of drug-likeness (QED) is 0.260. The number of sulfonamides is 1. The lowest BCUT2D eigenvalue weighted by Gasteiger charge is -2.18. The first-order chi connectivity index (χ1) is 17.4. The van der Waals surface area contributed by atoms with E-state index in [4.69, 9.17) is 20.1 Å². The van der Waals surface area contributed by atoms with E-state index in [0.29, 0.717) is 49.2 Å². The fourth-order valence-corrected chi connectivity index (χ4v) is 5.29. The van der Waals surface area contributed by atoms with Crippen molar-refractivity contribution in [3.8, 4) is 17.1 Å². The third kappa shape index (κ3) is 7.33. The summed E-state index contributed by atoms with van der Waals surface area (Å²) >= 11 is 0. The van der Waals surface area contributed by atoms with Crippen LogP contribution in [0, 0.1) is 0 Å². The van der Waals surface area contributed by atoms with E-state index < -0.39 is 10.0 Å². The van der Waals surface area contributed by atoms with Gasteiger partial charge in [0.25, 0.3) is 0 Å². The van der Waals surface area contributed by atoms with Gasteiger partial charge in [0.05, 0.1) is 18.6 Å². The van der Waals surface area contributed by atoms with Crippen LogP contribution in [0.3, 0.4) is 0 Å². The molecule has 0 aliphatic carbocycles. The summed E-state index contributed by atoms with van der Waals surface area (Å²) in [5.41, 5.74) is 2.76. The van der Waals surface area contributed by atoms with Crippen LogP contribution in [-0.2, 0) is 29.4 Å². The number of hydrogen-bond donors (Lipinski definition) is 3. The van der Waals surface area contributed by atoms with Gasteiger partial charge in [0.15, 0.2) is 5.82 Å². The van der Waals surface area contributed by atoms with E-state index in [9.17, 15) is 8.42 Å². The Morgan fingerprint density at radius 2 is 1.50 bits per heavy atom. The maximum absolute atomic E-state index is 12.9. The van der Waals surface area contributed by atoms with Gasteiger partial charge in [-0.25, -0.2) is 18.2 Å². The summed E-state index contributed by atoms with van der Waals surface area (Å²) in [4.78, 5) is 0.0527. The number of ether oxygens (including phenoxy) is 1. The van der Waals surface area contributed by atoms with Crippen molar-refractivity contribution >= 4 is 10.0 Å². The largest absolute Gasteiger partial charge is 0.497 e. The zero-order valence-corrected chi connectivity index (χ0v) is 21.5. The van der Waals surface area contributed by atoms with Gasteiger partial charge in [-0.2, -0.15) is 0 Å². The summed E-state index contributed by atoms with van der Waals surface area (Å²) in [7, 11) is -2.50. The molecule has 10 nitrogen and oxygen atoms in total. The highest BCUT2D eigenvalue weighted by Crippen LogP contribution is 2.34. The monoisotopic (exact) mass is 517 g/mol. The van der Waals surface area contributed by atoms with Crippen molar-refractivity contribution in [1.82, 2.24) is 20.2 Å². The second-order valence-electron chi connectivity index (χ2n) is 8.71. The lowest BCUT2D eigenvalue weighted by atomic mass is 9.96. The third-order valence-corrected chi connectivity index (χ3v) is 7.10. The molecule has 36 heavy (non-hydrogen) atoms. The zero-order valence-electron chi connectivity index (χ0n) is 20.6. The fourth-order valence-electron chi connectivity index (χ4n) is 4.24. The van der Waals surface area contributed by atoms with Gasteiger partial charge in [0, 0.05) is 18.8 Å². The molecule has 2 aromatic carbocycles. The zero-order chi connectivity index (χ0) is 26.0. The van der Waals surface area contributed by atoms with E-state index in [1.54, 1.807) is 11.8 Å². The van der Waals surface area contributed by atoms with Gasteiger partial charge < -0.3 is 14.9 Å². The molecule has 0 bridgehead atoms. The molecular weight excluding hydrogens is 482 g/mol. The van der Waals surface area contributed by atoms with Crippen LogP contribution in [0.25, 0.3) is 11.4 Å². The van der Waals surface area contributed by atoms with Crippen molar-refractivity contribution < 1.29 is 23.4 Å². The Labute approximate surface area is 212 Å². The summed E-state index contributed by atoms with van der Waals surface area (Å²) < 4.78 is 32.7. The van der Waals surface area contributed by atoms with E-state index >= 15 is 0 Å². The van der Waals surface area contributed by atoms with Crippen LogP contribution in [0.4, 0.5) is 0 Å². The maximum atomic E-state index is 12.9. The van der Waals surface area contributed by atoms with Crippen LogP contribution in [0.15, 0.2) is 41.3 Å². The van der Waals surface area contributed by atoms with Crippen molar-refractivity contribution in [3.05, 3.63) is 53.1 Å². The summed E-state index contributed by atoms with van der Waals surface area (Å²) in [5.74, 6) is 1.07. The van der Waals surface area contributed by atoms with Crippen LogP contribution in [0.2, 0.25) is 0 Å². The van der Waals surface area contributed by atoms with E-state index in [2.05, 4.69) is 15.5 Å². The van der Waals surface area contributed by atoms with Crippen molar-refractivity contribution in [2.75, 3.05) is 20.3 Å². The SMILES string of the molecule is COc1ccc(Cn2nnnc2-c2c(CCCCCO)ccc(CCCCCO)c2S(N)(=O)=O)cc1. The van der Waals surface area contributed by atoms with Crippen molar-refractivity contribution in [1.29, 1.82) is 0 Å². The minimum atomic E-state index is -4.10. The highest BCUT2D eigenvalue weighted by Gasteiger charge is 2.26. The molecule has 0 aliphatic heterocycles. The number of aliphatic hydroxyl groups is 2. The predicted octanol–water partition coefficient (Wildman–Crippen LogP) is 2.45. The minimum Gasteiger partial charge on any atom is -0.497 e. The van der Waals surface area contributed by atoms with E-state index in [0.717, 1.165) is 42.6 Å². The highest BCUT2D eigenvalue weighted by molar-refractivity contribution is 7.89. The Balaban J connectivity index is 2.07. The number of unbranched alkanes of at least 4 members (excludes halogenated alkanes) is 4. The number of nitrogens with two attached hydrogens (primary N) is 1. The molecule has 4 N–H and O–H groups in total. The molecule has 0 atom stereocenters. The standard InChI is InChI=1S/C25H35N5O5S/c1-35-22-14-10-19(11-15-22)18-30-25(27-28-29-30)23-20(8-4-2-6-16-31)12-13-21(9-5-3-7-17-32)24(23)36(26,33)34/h10-15,31-32H,2-9,16-18H2,1H3,(H2,26,33,34). The molecule has 3 rings (SSSR count). The number of nitrogens with zero attached hydrogens (tertiary/aromatic N) is 4. The Kier molecular flexibility index (Phi) is 10.4. The molecule has 0 unspecified atom stereocenters. The normalized spacial score (nSPS) is 11.7. The van der Waals surface area contributed by atoms with Crippen LogP contribution in [0.1, 0.15) is 55.2 Å². The smallest absolute Gasteiger partial charge is 0.239 e. The highest BCUT2D eigenvalue weighted by atomic mass is 32.2. The molecule has 0 spiro atoms. The average Bonchev–Trinajstić information content (AvgIpc) is 3.32. The van der Waals surface area contributed by atoms with Crippen LogP contribution < -0.4 is 9.88 Å². The van der Waals surface area contributed by atoms with Crippen LogP contribution in [0.5, 0.6) is 5.75 Å². The van der Waals surface area contributed by atoms with Crippen LogP contribution >= 0.6 is 0 Å². The lowest BCUT2D eigenvalue weighted by molar-refractivity contribution is 0.283. The summed E-state index contributed by atoms with van der Waals surface area (Å²) in [6.07, 6.45) is 5.49. The summed E-state index contributed by atoms with van der Waals surface area (Å²) in [6.45, 7) is 0.545. The molecule has 11 heteroatoms. The molecular formula is C25H35N5O5S. The first kappa shape index (κ1) is 27.7. The number of rotatable bonds is 15. The first-order valence-corrected chi connectivity index (χ1v) is 13.7. The van der Waals surface area contributed by atoms with E-state index in [1.165, 1.54) is 0 Å². The molecule has 3 aromatic rings. The lowest BCUT2D eigenvalue weighted by Crippen LogP contribution is -2.18. The molecule has 0 saturated carbocycles.